The van der Waals surface area contributed by atoms with E-state index in [1.54, 1.807) is 43.3 Å². The lowest BCUT2D eigenvalue weighted by molar-refractivity contribution is -0.122. The lowest BCUT2D eigenvalue weighted by atomic mass is 10.2. The summed E-state index contributed by atoms with van der Waals surface area (Å²) in [7, 11) is 4.53. The zero-order chi connectivity index (χ0) is 21.4. The number of hydrogen-bond donors (Lipinski definition) is 2. The standard InChI is InChI=1S/C20H22BrN3O5/c1-12(23-20(26)14-7-5-6-8-15(14)21)19(25)24-22-11-13-9-16(27-2)18(29-4)17(10-13)28-3/h5-12H,1-4H3,(H,23,26)(H,24,25). The number of hydrogen-bond acceptors (Lipinski definition) is 6. The number of nitrogens with zero attached hydrogens (tertiary/aromatic N) is 1. The SMILES string of the molecule is COc1cc(C=NNC(=O)C(C)NC(=O)c2ccccc2Br)cc(OC)c1OC. The second-order valence-electron chi connectivity index (χ2n) is 5.87. The van der Waals surface area contributed by atoms with Gasteiger partial charge in [0, 0.05) is 10.0 Å². The summed E-state index contributed by atoms with van der Waals surface area (Å²) in [5, 5.41) is 6.56. The number of methoxy groups -OCH3 is 3. The Morgan fingerprint density at radius 2 is 1.69 bits per heavy atom. The van der Waals surface area contributed by atoms with Gasteiger partial charge in [-0.2, -0.15) is 5.10 Å². The van der Waals surface area contributed by atoms with Crippen LogP contribution in [0.5, 0.6) is 17.2 Å². The molecule has 2 amide bonds. The van der Waals surface area contributed by atoms with E-state index in [4.69, 9.17) is 14.2 Å². The van der Waals surface area contributed by atoms with Crippen molar-refractivity contribution in [3.63, 3.8) is 0 Å². The highest BCUT2D eigenvalue weighted by Crippen LogP contribution is 2.37. The maximum Gasteiger partial charge on any atom is 0.262 e. The Labute approximate surface area is 177 Å². The molecule has 0 radical (unpaired) electrons. The zero-order valence-electron chi connectivity index (χ0n) is 16.5. The molecule has 9 heteroatoms. The molecule has 2 rings (SSSR count). The summed E-state index contributed by atoms with van der Waals surface area (Å²) < 4.78 is 16.5. The van der Waals surface area contributed by atoms with Crippen molar-refractivity contribution in [3.8, 4) is 17.2 Å². The van der Waals surface area contributed by atoms with E-state index in [0.29, 0.717) is 32.8 Å². The normalized spacial score (nSPS) is 11.6. The molecule has 0 heterocycles. The van der Waals surface area contributed by atoms with Crippen molar-refractivity contribution in [2.75, 3.05) is 21.3 Å². The first-order chi connectivity index (χ1) is 13.9. The Morgan fingerprint density at radius 1 is 1.07 bits per heavy atom. The Morgan fingerprint density at radius 3 is 2.24 bits per heavy atom. The van der Waals surface area contributed by atoms with Crippen LogP contribution >= 0.6 is 15.9 Å². The van der Waals surface area contributed by atoms with Gasteiger partial charge >= 0.3 is 0 Å². The number of carbonyl (C=O) groups is 2. The van der Waals surface area contributed by atoms with Crippen molar-refractivity contribution in [2.24, 2.45) is 5.10 Å². The summed E-state index contributed by atoms with van der Waals surface area (Å²) in [5.41, 5.74) is 3.46. The molecule has 1 atom stereocenters. The van der Waals surface area contributed by atoms with Gasteiger partial charge in [0.15, 0.2) is 11.5 Å². The maximum absolute atomic E-state index is 12.3. The number of halogens is 1. The minimum absolute atomic E-state index is 0.367. The van der Waals surface area contributed by atoms with Gasteiger partial charge in [-0.05, 0) is 47.1 Å². The number of benzene rings is 2. The van der Waals surface area contributed by atoms with Crippen molar-refractivity contribution in [1.29, 1.82) is 0 Å². The van der Waals surface area contributed by atoms with Gasteiger partial charge < -0.3 is 19.5 Å². The van der Waals surface area contributed by atoms with Crippen molar-refractivity contribution in [2.45, 2.75) is 13.0 Å². The van der Waals surface area contributed by atoms with Crippen molar-refractivity contribution in [3.05, 3.63) is 52.0 Å². The molecule has 2 N–H and O–H groups in total. The number of amides is 2. The minimum atomic E-state index is -0.785. The first-order valence-corrected chi connectivity index (χ1v) is 9.38. The van der Waals surface area contributed by atoms with E-state index >= 15 is 0 Å². The third-order valence-corrected chi connectivity index (χ3v) is 4.63. The lowest BCUT2D eigenvalue weighted by Crippen LogP contribution is -2.43. The highest BCUT2D eigenvalue weighted by Gasteiger charge is 2.17. The van der Waals surface area contributed by atoms with E-state index in [1.807, 2.05) is 0 Å². The van der Waals surface area contributed by atoms with E-state index in [9.17, 15) is 9.59 Å². The third-order valence-electron chi connectivity index (χ3n) is 3.93. The summed E-state index contributed by atoms with van der Waals surface area (Å²) in [4.78, 5) is 24.5. The van der Waals surface area contributed by atoms with Crippen LogP contribution in [0.25, 0.3) is 0 Å². The average molecular weight is 464 g/mol. The molecule has 0 aliphatic heterocycles. The van der Waals surface area contributed by atoms with Crippen LogP contribution in [0, 0.1) is 0 Å². The van der Waals surface area contributed by atoms with E-state index in [-0.39, 0.29) is 5.91 Å². The van der Waals surface area contributed by atoms with Crippen LogP contribution in [0.3, 0.4) is 0 Å². The number of ether oxygens (including phenoxy) is 3. The van der Waals surface area contributed by atoms with Gasteiger partial charge in [0.1, 0.15) is 6.04 Å². The molecule has 0 aliphatic carbocycles. The van der Waals surface area contributed by atoms with Gasteiger partial charge in [0.05, 0.1) is 33.1 Å². The predicted molar refractivity (Wildman–Crippen MR) is 113 cm³/mol. The smallest absolute Gasteiger partial charge is 0.262 e. The van der Waals surface area contributed by atoms with Crippen LogP contribution in [0.15, 0.2) is 46.0 Å². The molecule has 1 unspecified atom stereocenters. The largest absolute Gasteiger partial charge is 0.493 e. The molecule has 0 spiro atoms. The van der Waals surface area contributed by atoms with Crippen LogP contribution in [-0.4, -0.2) is 45.4 Å². The van der Waals surface area contributed by atoms with Crippen LogP contribution in [-0.2, 0) is 4.79 Å². The van der Waals surface area contributed by atoms with Gasteiger partial charge in [-0.1, -0.05) is 12.1 Å². The molecule has 154 valence electrons. The molecule has 2 aromatic carbocycles. The Balaban J connectivity index is 2.02. The van der Waals surface area contributed by atoms with E-state index in [2.05, 4.69) is 31.8 Å². The number of carbonyl (C=O) groups excluding carboxylic acids is 2. The van der Waals surface area contributed by atoms with Gasteiger partial charge in [0.25, 0.3) is 11.8 Å². The van der Waals surface area contributed by atoms with Crippen molar-refractivity contribution < 1.29 is 23.8 Å². The second-order valence-corrected chi connectivity index (χ2v) is 6.72. The van der Waals surface area contributed by atoms with Crippen LogP contribution in [0.1, 0.15) is 22.8 Å². The van der Waals surface area contributed by atoms with Crippen LogP contribution in [0.4, 0.5) is 0 Å². The summed E-state index contributed by atoms with van der Waals surface area (Å²) in [6.45, 7) is 1.57. The summed E-state index contributed by atoms with van der Waals surface area (Å²) in [6, 6.07) is 9.55. The van der Waals surface area contributed by atoms with Crippen LogP contribution in [0.2, 0.25) is 0 Å². The first kappa shape index (κ1) is 22.2. The highest BCUT2D eigenvalue weighted by atomic mass is 79.9. The van der Waals surface area contributed by atoms with Gasteiger partial charge in [-0.15, -0.1) is 0 Å². The Bertz CT molecular complexity index is 892. The quantitative estimate of drug-likeness (QED) is 0.463. The molecule has 2 aromatic rings. The predicted octanol–water partition coefficient (Wildman–Crippen LogP) is 2.74. The molecule has 0 fully saturated rings. The fourth-order valence-electron chi connectivity index (χ4n) is 2.43. The van der Waals surface area contributed by atoms with E-state index in [1.165, 1.54) is 27.5 Å². The summed E-state index contributed by atoms with van der Waals surface area (Å²) in [5.74, 6) is 0.560. The molecule has 0 saturated heterocycles. The van der Waals surface area contributed by atoms with Crippen molar-refractivity contribution in [1.82, 2.24) is 10.7 Å². The monoisotopic (exact) mass is 463 g/mol. The first-order valence-electron chi connectivity index (χ1n) is 8.59. The minimum Gasteiger partial charge on any atom is -0.493 e. The topological polar surface area (TPSA) is 98.2 Å². The van der Waals surface area contributed by atoms with E-state index < -0.39 is 11.9 Å². The number of rotatable bonds is 8. The highest BCUT2D eigenvalue weighted by molar-refractivity contribution is 9.10. The molecule has 8 nitrogen and oxygen atoms in total. The molecule has 0 bridgehead atoms. The molecule has 0 aromatic heterocycles. The van der Waals surface area contributed by atoms with Gasteiger partial charge in [0.2, 0.25) is 5.75 Å². The van der Waals surface area contributed by atoms with Gasteiger partial charge in [-0.3, -0.25) is 9.59 Å². The Kier molecular flexibility index (Phi) is 8.02. The summed E-state index contributed by atoms with van der Waals surface area (Å²) >= 11 is 3.31. The molecular formula is C20H22BrN3O5. The second kappa shape index (κ2) is 10.5. The maximum atomic E-state index is 12.3. The lowest BCUT2D eigenvalue weighted by Gasteiger charge is -2.13. The number of nitrogens with one attached hydrogen (secondary N) is 2. The van der Waals surface area contributed by atoms with Crippen molar-refractivity contribution >= 4 is 34.0 Å². The van der Waals surface area contributed by atoms with Gasteiger partial charge in [-0.25, -0.2) is 5.43 Å². The Hall–Kier alpha value is -3.07. The van der Waals surface area contributed by atoms with E-state index in [0.717, 1.165) is 0 Å². The number of hydrazone groups is 1. The molecule has 29 heavy (non-hydrogen) atoms. The fraction of sp³-hybridized carbons (Fsp3) is 0.250. The third kappa shape index (κ3) is 5.71. The zero-order valence-corrected chi connectivity index (χ0v) is 18.1. The average Bonchev–Trinajstić information content (AvgIpc) is 2.72. The molecule has 0 saturated carbocycles. The van der Waals surface area contributed by atoms with Crippen LogP contribution < -0.4 is 25.0 Å². The molecular weight excluding hydrogens is 442 g/mol. The molecule has 0 aliphatic rings. The fourth-order valence-corrected chi connectivity index (χ4v) is 2.89. The summed E-state index contributed by atoms with van der Waals surface area (Å²) in [6.07, 6.45) is 1.44.